The Morgan fingerprint density at radius 3 is 2.32 bits per heavy atom. The highest BCUT2D eigenvalue weighted by Gasteiger charge is 2.10. The molecule has 0 bridgehead atoms. The lowest BCUT2D eigenvalue weighted by molar-refractivity contribution is 0.771. The van der Waals surface area contributed by atoms with Crippen LogP contribution >= 0.6 is 0 Å². The van der Waals surface area contributed by atoms with Gasteiger partial charge in [0.05, 0.1) is 33.6 Å². The second-order valence-electron chi connectivity index (χ2n) is 6.36. The van der Waals surface area contributed by atoms with Crippen molar-refractivity contribution in [1.29, 1.82) is 0 Å². The highest BCUT2D eigenvalue weighted by atomic mass is 16.1. The van der Waals surface area contributed by atoms with Gasteiger partial charge in [-0.2, -0.15) is 9.78 Å². The van der Waals surface area contributed by atoms with Crippen LogP contribution in [0.5, 0.6) is 0 Å². The number of para-hydroxylation sites is 2. The first kappa shape index (κ1) is 16.1. The summed E-state index contributed by atoms with van der Waals surface area (Å²) in [6.07, 6.45) is 3.12. The SMILES string of the molecule is Cc1nc2ccccc2c(=O)n1/N=C/c1c[nH]n2c(=O)c3ccccc3nc12. The maximum atomic E-state index is 12.7. The quantitative estimate of drug-likeness (QED) is 0.481. The predicted molar refractivity (Wildman–Crippen MR) is 107 cm³/mol. The fourth-order valence-electron chi connectivity index (χ4n) is 3.23. The number of benzene rings is 2. The van der Waals surface area contributed by atoms with Crippen LogP contribution in [0.15, 0.2) is 69.4 Å². The fraction of sp³-hybridized carbons (Fsp3) is 0.0500. The van der Waals surface area contributed by atoms with Crippen LogP contribution in [0.4, 0.5) is 0 Å². The Kier molecular flexibility index (Phi) is 3.45. The number of hydrogen-bond donors (Lipinski definition) is 1. The monoisotopic (exact) mass is 370 g/mol. The summed E-state index contributed by atoms with van der Waals surface area (Å²) in [6, 6.07) is 14.3. The lowest BCUT2D eigenvalue weighted by Gasteiger charge is -2.04. The highest BCUT2D eigenvalue weighted by Crippen LogP contribution is 2.11. The molecule has 3 heterocycles. The molecule has 1 N–H and O–H groups in total. The molecule has 5 aromatic rings. The lowest BCUT2D eigenvalue weighted by Crippen LogP contribution is -2.20. The smallest absolute Gasteiger partial charge is 0.282 e. The number of H-pyrrole nitrogens is 1. The average molecular weight is 370 g/mol. The number of nitrogens with one attached hydrogen (secondary N) is 1. The molecule has 0 aliphatic heterocycles. The van der Waals surface area contributed by atoms with Gasteiger partial charge in [0.1, 0.15) is 5.82 Å². The van der Waals surface area contributed by atoms with Crippen molar-refractivity contribution in [3.63, 3.8) is 0 Å². The first-order valence-corrected chi connectivity index (χ1v) is 8.65. The zero-order valence-electron chi connectivity index (χ0n) is 14.8. The van der Waals surface area contributed by atoms with Crippen molar-refractivity contribution >= 4 is 33.7 Å². The van der Waals surface area contributed by atoms with Crippen LogP contribution in [0.1, 0.15) is 11.4 Å². The van der Waals surface area contributed by atoms with Crippen molar-refractivity contribution < 1.29 is 0 Å². The summed E-state index contributed by atoms with van der Waals surface area (Å²) in [7, 11) is 0. The first-order chi connectivity index (χ1) is 13.6. The maximum absolute atomic E-state index is 12.7. The Morgan fingerprint density at radius 1 is 0.929 bits per heavy atom. The van der Waals surface area contributed by atoms with E-state index in [9.17, 15) is 9.59 Å². The maximum Gasteiger partial charge on any atom is 0.282 e. The van der Waals surface area contributed by atoms with Crippen molar-refractivity contribution in [2.45, 2.75) is 6.92 Å². The van der Waals surface area contributed by atoms with Gasteiger partial charge in [-0.3, -0.25) is 14.7 Å². The molecule has 0 spiro atoms. The van der Waals surface area contributed by atoms with Crippen molar-refractivity contribution in [2.24, 2.45) is 5.10 Å². The fourth-order valence-corrected chi connectivity index (χ4v) is 3.23. The molecule has 28 heavy (non-hydrogen) atoms. The van der Waals surface area contributed by atoms with Gasteiger partial charge in [-0.05, 0) is 31.2 Å². The summed E-state index contributed by atoms with van der Waals surface area (Å²) in [5.74, 6) is 0.468. The molecule has 2 aromatic carbocycles. The molecule has 8 heteroatoms. The summed E-state index contributed by atoms with van der Waals surface area (Å²) in [6.45, 7) is 1.72. The van der Waals surface area contributed by atoms with Gasteiger partial charge in [0.25, 0.3) is 11.1 Å². The van der Waals surface area contributed by atoms with E-state index in [1.165, 1.54) is 15.4 Å². The molecule has 136 valence electrons. The second-order valence-corrected chi connectivity index (χ2v) is 6.36. The summed E-state index contributed by atoms with van der Waals surface area (Å²) in [4.78, 5) is 34.3. The molecule has 5 rings (SSSR count). The van der Waals surface area contributed by atoms with Gasteiger partial charge >= 0.3 is 0 Å². The van der Waals surface area contributed by atoms with Crippen molar-refractivity contribution in [3.8, 4) is 0 Å². The summed E-state index contributed by atoms with van der Waals surface area (Å²) in [5, 5.41) is 8.20. The van der Waals surface area contributed by atoms with E-state index in [4.69, 9.17) is 0 Å². The minimum absolute atomic E-state index is 0.194. The van der Waals surface area contributed by atoms with Gasteiger partial charge in [-0.25, -0.2) is 14.5 Å². The number of fused-ring (bicyclic) bond motifs is 3. The third-order valence-corrected chi connectivity index (χ3v) is 4.61. The molecule has 0 saturated heterocycles. The molecule has 0 amide bonds. The van der Waals surface area contributed by atoms with Crippen LogP contribution in [-0.2, 0) is 0 Å². The topological polar surface area (TPSA) is 97.4 Å². The van der Waals surface area contributed by atoms with E-state index in [2.05, 4.69) is 20.2 Å². The Hall–Kier alpha value is -4.07. The number of hydrogen-bond acceptors (Lipinski definition) is 5. The third kappa shape index (κ3) is 2.35. The number of aromatic nitrogens is 5. The highest BCUT2D eigenvalue weighted by molar-refractivity contribution is 5.90. The Labute approximate surface area is 157 Å². The summed E-state index contributed by atoms with van der Waals surface area (Å²) < 4.78 is 2.60. The van der Waals surface area contributed by atoms with E-state index in [1.807, 2.05) is 12.1 Å². The van der Waals surface area contributed by atoms with E-state index in [0.29, 0.717) is 38.8 Å². The molecule has 3 aromatic heterocycles. The Bertz CT molecular complexity index is 1520. The summed E-state index contributed by atoms with van der Waals surface area (Å²) >= 11 is 0. The van der Waals surface area contributed by atoms with Crippen LogP contribution in [0.3, 0.4) is 0 Å². The van der Waals surface area contributed by atoms with Crippen LogP contribution in [0, 0.1) is 6.92 Å². The Balaban J connectivity index is 1.69. The first-order valence-electron chi connectivity index (χ1n) is 8.65. The normalized spacial score (nSPS) is 11.9. The van der Waals surface area contributed by atoms with E-state index in [-0.39, 0.29) is 11.1 Å². The molecule has 0 saturated carbocycles. The minimum atomic E-state index is -0.255. The van der Waals surface area contributed by atoms with E-state index in [1.54, 1.807) is 49.5 Å². The zero-order valence-corrected chi connectivity index (χ0v) is 14.8. The Morgan fingerprint density at radius 2 is 1.57 bits per heavy atom. The van der Waals surface area contributed by atoms with E-state index < -0.39 is 0 Å². The van der Waals surface area contributed by atoms with Crippen molar-refractivity contribution in [1.82, 2.24) is 24.3 Å². The molecule has 0 radical (unpaired) electrons. The average Bonchev–Trinajstić information content (AvgIpc) is 3.11. The van der Waals surface area contributed by atoms with Gasteiger partial charge in [-0.15, -0.1) is 0 Å². The zero-order chi connectivity index (χ0) is 19.3. The van der Waals surface area contributed by atoms with Gasteiger partial charge < -0.3 is 0 Å². The molecule has 0 aliphatic rings. The third-order valence-electron chi connectivity index (χ3n) is 4.61. The van der Waals surface area contributed by atoms with Crippen LogP contribution < -0.4 is 11.1 Å². The largest absolute Gasteiger partial charge is 0.296 e. The van der Waals surface area contributed by atoms with Gasteiger partial charge in [-0.1, -0.05) is 24.3 Å². The molecule has 0 fully saturated rings. The number of aryl methyl sites for hydroxylation is 1. The molecular weight excluding hydrogens is 356 g/mol. The van der Waals surface area contributed by atoms with Gasteiger partial charge in [0.2, 0.25) is 0 Å². The molecule has 0 unspecified atom stereocenters. The second kappa shape index (κ2) is 5.98. The van der Waals surface area contributed by atoms with Crippen LogP contribution in [-0.4, -0.2) is 30.5 Å². The van der Waals surface area contributed by atoms with Crippen LogP contribution in [0.2, 0.25) is 0 Å². The van der Waals surface area contributed by atoms with Gasteiger partial charge in [0, 0.05) is 6.20 Å². The van der Waals surface area contributed by atoms with E-state index in [0.717, 1.165) is 0 Å². The van der Waals surface area contributed by atoms with Gasteiger partial charge in [0.15, 0.2) is 5.65 Å². The summed E-state index contributed by atoms with van der Waals surface area (Å²) in [5.41, 5.74) is 1.80. The lowest BCUT2D eigenvalue weighted by atomic mass is 10.2. The minimum Gasteiger partial charge on any atom is -0.296 e. The number of nitrogens with zero attached hydrogens (tertiary/aromatic N) is 5. The number of rotatable bonds is 2. The molecule has 8 nitrogen and oxygen atoms in total. The van der Waals surface area contributed by atoms with Crippen molar-refractivity contribution in [3.05, 3.63) is 86.8 Å². The van der Waals surface area contributed by atoms with E-state index >= 15 is 0 Å². The standard InChI is InChI=1S/C20H14N6O2/c1-12-23-16-8-4-2-6-14(16)19(27)25(12)21-10-13-11-22-26-18(13)24-17-9-5-3-7-15(17)20(26)28/h2-11,22H,1H3/b21-10+. The molecule has 0 aliphatic carbocycles. The molecular formula is C20H14N6O2. The molecule has 0 atom stereocenters. The predicted octanol–water partition coefficient (Wildman–Crippen LogP) is 2.08. The number of aromatic amines is 1. The van der Waals surface area contributed by atoms with Crippen molar-refractivity contribution in [2.75, 3.05) is 0 Å². The van der Waals surface area contributed by atoms with Crippen LogP contribution in [0.25, 0.3) is 27.5 Å².